The van der Waals surface area contributed by atoms with E-state index in [1.807, 2.05) is 6.07 Å². The van der Waals surface area contributed by atoms with Crippen molar-refractivity contribution < 1.29 is 14.7 Å². The number of piperazine rings is 1. The number of hydrogen-bond donors (Lipinski definition) is 2. The third kappa shape index (κ3) is 4.24. The van der Waals surface area contributed by atoms with Gasteiger partial charge >= 0.3 is 0 Å². The summed E-state index contributed by atoms with van der Waals surface area (Å²) < 4.78 is 0. The molecule has 2 aromatic rings. The lowest BCUT2D eigenvalue weighted by molar-refractivity contribution is -1.03. The monoisotopic (exact) mass is 341 g/mol. The average molecular weight is 341 g/mol. The Hall–Kier alpha value is -2.24. The topological polar surface area (TPSA) is 52.0 Å². The number of hydrogen-bond acceptors (Lipinski definition) is 2. The van der Waals surface area contributed by atoms with Crippen molar-refractivity contribution >= 4 is 5.69 Å². The quantitative estimate of drug-likeness (QED) is 0.628. The third-order valence-corrected chi connectivity index (χ3v) is 5.49. The number of nitrogens with one attached hydrogen (secondary N) is 2. The maximum Gasteiger partial charge on any atom is 0.269 e. The Morgan fingerprint density at radius 3 is 2.48 bits per heavy atom. The van der Waals surface area contributed by atoms with E-state index in [1.54, 1.807) is 23.1 Å². The van der Waals surface area contributed by atoms with Crippen molar-refractivity contribution in [1.82, 2.24) is 0 Å². The van der Waals surface area contributed by atoms with Crippen molar-refractivity contribution in [2.24, 2.45) is 0 Å². The molecular formula is C20H27N3O2+2. The molecule has 0 saturated carbocycles. The molecule has 1 saturated heterocycles. The maximum absolute atomic E-state index is 11.0. The van der Waals surface area contributed by atoms with Gasteiger partial charge in [0.05, 0.1) is 4.92 Å². The molecule has 0 aromatic heterocycles. The first-order valence-corrected chi connectivity index (χ1v) is 9.01. The molecule has 0 spiro atoms. The second-order valence-electron chi connectivity index (χ2n) is 7.09. The number of non-ortho nitro benzene ring substituents is 1. The largest absolute Gasteiger partial charge is 0.322 e. The zero-order chi connectivity index (χ0) is 17.8. The molecule has 1 heterocycles. The molecule has 1 fully saturated rings. The van der Waals surface area contributed by atoms with Crippen LogP contribution in [0.5, 0.6) is 0 Å². The van der Waals surface area contributed by atoms with E-state index in [0.717, 1.165) is 38.3 Å². The van der Waals surface area contributed by atoms with Gasteiger partial charge in [-0.05, 0) is 19.4 Å². The molecule has 0 aliphatic carbocycles. The van der Waals surface area contributed by atoms with Gasteiger partial charge in [0, 0.05) is 23.3 Å². The Balaban J connectivity index is 1.59. The number of quaternary nitrogens is 2. The van der Waals surface area contributed by atoms with Crippen molar-refractivity contribution in [3.63, 3.8) is 0 Å². The highest BCUT2D eigenvalue weighted by atomic mass is 16.6. The van der Waals surface area contributed by atoms with Gasteiger partial charge in [0.1, 0.15) is 38.8 Å². The van der Waals surface area contributed by atoms with E-state index in [2.05, 4.69) is 38.1 Å². The number of benzene rings is 2. The summed E-state index contributed by atoms with van der Waals surface area (Å²) >= 11 is 0. The minimum atomic E-state index is -0.310. The second-order valence-corrected chi connectivity index (χ2v) is 7.09. The predicted octanol–water partition coefficient (Wildman–Crippen LogP) is 0.948. The van der Waals surface area contributed by atoms with Crippen LogP contribution in [0.4, 0.5) is 5.69 Å². The summed E-state index contributed by atoms with van der Waals surface area (Å²) in [5, 5.41) is 11.0. The number of nitrogens with zero attached hydrogens (tertiary/aromatic N) is 1. The smallest absolute Gasteiger partial charge is 0.269 e. The lowest BCUT2D eigenvalue weighted by Crippen LogP contribution is -3.27. The van der Waals surface area contributed by atoms with E-state index in [0.29, 0.717) is 6.04 Å². The summed E-state index contributed by atoms with van der Waals surface area (Å²) in [5.74, 6) is 0. The Bertz CT molecular complexity index is 739. The molecule has 2 N–H and O–H groups in total. The highest BCUT2D eigenvalue weighted by molar-refractivity contribution is 5.35. The summed E-state index contributed by atoms with van der Waals surface area (Å²) in [7, 11) is 0. The fourth-order valence-electron chi connectivity index (χ4n) is 3.76. The molecule has 2 aromatic carbocycles. The zero-order valence-corrected chi connectivity index (χ0v) is 15.0. The van der Waals surface area contributed by atoms with Crippen LogP contribution in [0, 0.1) is 17.0 Å². The van der Waals surface area contributed by atoms with Gasteiger partial charge in [0.15, 0.2) is 0 Å². The van der Waals surface area contributed by atoms with Crippen molar-refractivity contribution in [2.45, 2.75) is 26.4 Å². The number of nitro groups is 1. The number of rotatable bonds is 5. The lowest BCUT2D eigenvalue weighted by Gasteiger charge is -2.33. The minimum Gasteiger partial charge on any atom is -0.322 e. The predicted molar refractivity (Wildman–Crippen MR) is 97.8 cm³/mol. The first-order valence-electron chi connectivity index (χ1n) is 9.01. The van der Waals surface area contributed by atoms with Crippen LogP contribution < -0.4 is 9.80 Å². The maximum atomic E-state index is 11.0. The SMILES string of the molecule is Cc1ccccc1C[NH+]1CC[NH+]([C@@H](C)c2cccc([N+](=O)[O-])c2)CC1. The van der Waals surface area contributed by atoms with Gasteiger partial charge in [-0.3, -0.25) is 10.1 Å². The Kier molecular flexibility index (Phi) is 5.46. The molecule has 3 rings (SSSR count). The molecule has 5 nitrogen and oxygen atoms in total. The molecule has 1 aliphatic heterocycles. The molecule has 1 atom stereocenters. The van der Waals surface area contributed by atoms with Gasteiger partial charge in [0.25, 0.3) is 5.69 Å². The van der Waals surface area contributed by atoms with Gasteiger partial charge in [-0.1, -0.05) is 36.4 Å². The van der Waals surface area contributed by atoms with Crippen LogP contribution in [0.25, 0.3) is 0 Å². The van der Waals surface area contributed by atoms with Gasteiger partial charge in [-0.2, -0.15) is 0 Å². The van der Waals surface area contributed by atoms with Crippen LogP contribution in [0.2, 0.25) is 0 Å². The van der Waals surface area contributed by atoms with Gasteiger partial charge < -0.3 is 9.80 Å². The first kappa shape index (κ1) is 17.6. The first-order chi connectivity index (χ1) is 12.0. The van der Waals surface area contributed by atoms with Crippen LogP contribution in [0.1, 0.15) is 29.7 Å². The van der Waals surface area contributed by atoms with Crippen LogP contribution in [-0.4, -0.2) is 31.1 Å². The fraction of sp³-hybridized carbons (Fsp3) is 0.400. The summed E-state index contributed by atoms with van der Waals surface area (Å²) in [5.41, 5.74) is 4.06. The van der Waals surface area contributed by atoms with Gasteiger partial charge in [-0.15, -0.1) is 0 Å². The molecule has 0 unspecified atom stereocenters. The average Bonchev–Trinajstić information content (AvgIpc) is 2.64. The molecule has 0 amide bonds. The zero-order valence-electron chi connectivity index (χ0n) is 15.0. The molecule has 132 valence electrons. The lowest BCUT2D eigenvalue weighted by atomic mass is 10.0. The van der Waals surface area contributed by atoms with Crippen LogP contribution in [0.3, 0.4) is 0 Å². The van der Waals surface area contributed by atoms with Gasteiger partial charge in [0.2, 0.25) is 0 Å². The van der Waals surface area contributed by atoms with E-state index >= 15 is 0 Å². The molecule has 5 heteroatoms. The second kappa shape index (κ2) is 7.76. The number of nitro benzene ring substituents is 1. The van der Waals surface area contributed by atoms with E-state index in [4.69, 9.17) is 0 Å². The highest BCUT2D eigenvalue weighted by Gasteiger charge is 2.28. The molecule has 0 radical (unpaired) electrons. The molecule has 1 aliphatic rings. The summed E-state index contributed by atoms with van der Waals surface area (Å²) in [6.07, 6.45) is 0. The normalized spacial score (nSPS) is 21.7. The Labute approximate surface area is 149 Å². The van der Waals surface area contributed by atoms with Crippen LogP contribution in [0.15, 0.2) is 48.5 Å². The standard InChI is InChI=1S/C20H25N3O2/c1-16-6-3-4-7-19(16)15-21-10-12-22(13-11-21)17(2)18-8-5-9-20(14-18)23(24)25/h3-9,14,17H,10-13,15H2,1-2H3/p+2/t17-/m0/s1. The summed E-state index contributed by atoms with van der Waals surface area (Å²) in [6, 6.07) is 16.0. The molecular weight excluding hydrogens is 314 g/mol. The van der Waals surface area contributed by atoms with Crippen molar-refractivity contribution in [3.05, 3.63) is 75.3 Å². The van der Waals surface area contributed by atoms with Gasteiger partial charge in [-0.25, -0.2) is 0 Å². The van der Waals surface area contributed by atoms with Crippen LogP contribution in [-0.2, 0) is 6.54 Å². The molecule has 25 heavy (non-hydrogen) atoms. The van der Waals surface area contributed by atoms with E-state index in [9.17, 15) is 10.1 Å². The Morgan fingerprint density at radius 2 is 1.80 bits per heavy atom. The van der Waals surface area contributed by atoms with Crippen LogP contribution >= 0.6 is 0 Å². The summed E-state index contributed by atoms with van der Waals surface area (Å²) in [6.45, 7) is 9.94. The highest BCUT2D eigenvalue weighted by Crippen LogP contribution is 2.17. The van der Waals surface area contributed by atoms with Crippen molar-refractivity contribution in [1.29, 1.82) is 0 Å². The fourth-order valence-corrected chi connectivity index (χ4v) is 3.76. The Morgan fingerprint density at radius 1 is 1.08 bits per heavy atom. The number of aryl methyl sites for hydroxylation is 1. The third-order valence-electron chi connectivity index (χ3n) is 5.49. The van der Waals surface area contributed by atoms with Crippen molar-refractivity contribution in [2.75, 3.05) is 26.2 Å². The van der Waals surface area contributed by atoms with E-state index < -0.39 is 0 Å². The summed E-state index contributed by atoms with van der Waals surface area (Å²) in [4.78, 5) is 13.8. The minimum absolute atomic E-state index is 0.188. The van der Waals surface area contributed by atoms with E-state index in [1.165, 1.54) is 16.0 Å². The van der Waals surface area contributed by atoms with E-state index in [-0.39, 0.29) is 10.6 Å². The molecule has 0 bridgehead atoms. The van der Waals surface area contributed by atoms with Crippen molar-refractivity contribution in [3.8, 4) is 0 Å².